The zero-order chi connectivity index (χ0) is 15.4. The molecule has 1 aromatic carbocycles. The van der Waals surface area contributed by atoms with Crippen molar-refractivity contribution in [2.75, 3.05) is 18.5 Å². The summed E-state index contributed by atoms with van der Waals surface area (Å²) >= 11 is 0. The minimum atomic E-state index is -0.968. The molecule has 0 radical (unpaired) electrons. The SMILES string of the molecule is CC(CNC(=O)c1ccn(-c2ccccc2N)n1)S(C)=O. The monoisotopic (exact) mass is 306 g/mol. The van der Waals surface area contributed by atoms with Crippen molar-refractivity contribution >= 4 is 22.4 Å². The van der Waals surface area contributed by atoms with Gasteiger partial charge in [0.25, 0.3) is 5.91 Å². The van der Waals surface area contributed by atoms with Crippen LogP contribution in [0.3, 0.4) is 0 Å². The van der Waals surface area contributed by atoms with Crippen molar-refractivity contribution in [3.8, 4) is 5.69 Å². The number of hydrogen-bond acceptors (Lipinski definition) is 4. The van der Waals surface area contributed by atoms with E-state index in [0.717, 1.165) is 5.69 Å². The summed E-state index contributed by atoms with van der Waals surface area (Å²) in [7, 11) is -0.968. The van der Waals surface area contributed by atoms with Crippen LogP contribution >= 0.6 is 0 Å². The number of nitrogens with two attached hydrogens (primary N) is 1. The summed E-state index contributed by atoms with van der Waals surface area (Å²) in [5.74, 6) is -0.291. The molecule has 2 unspecified atom stereocenters. The van der Waals surface area contributed by atoms with Crippen LogP contribution in [-0.2, 0) is 10.8 Å². The maximum atomic E-state index is 12.0. The second kappa shape index (κ2) is 6.53. The van der Waals surface area contributed by atoms with Gasteiger partial charge in [-0.1, -0.05) is 12.1 Å². The van der Waals surface area contributed by atoms with Crippen LogP contribution in [0, 0.1) is 0 Å². The van der Waals surface area contributed by atoms with Gasteiger partial charge in [-0.2, -0.15) is 5.10 Å². The second-order valence-corrected chi connectivity index (χ2v) is 6.53. The average Bonchev–Trinajstić information content (AvgIpc) is 2.94. The molecule has 0 saturated heterocycles. The Bertz CT molecular complexity index is 668. The lowest BCUT2D eigenvalue weighted by Gasteiger charge is -2.08. The van der Waals surface area contributed by atoms with Crippen LogP contribution in [0.25, 0.3) is 5.69 Å². The second-order valence-electron chi connectivity index (χ2n) is 4.72. The molecule has 3 N–H and O–H groups in total. The fraction of sp³-hybridized carbons (Fsp3) is 0.286. The van der Waals surface area contributed by atoms with Crippen LogP contribution in [0.2, 0.25) is 0 Å². The van der Waals surface area contributed by atoms with Crippen molar-refractivity contribution in [2.45, 2.75) is 12.2 Å². The highest BCUT2D eigenvalue weighted by Crippen LogP contribution is 2.15. The Morgan fingerprint density at radius 1 is 1.43 bits per heavy atom. The number of carbonyl (C=O) groups is 1. The van der Waals surface area contributed by atoms with E-state index in [-0.39, 0.29) is 11.2 Å². The molecule has 1 aromatic heterocycles. The highest BCUT2D eigenvalue weighted by atomic mass is 32.2. The first-order chi connectivity index (χ1) is 9.99. The molecule has 0 bridgehead atoms. The third-order valence-corrected chi connectivity index (χ3v) is 4.42. The normalized spacial score (nSPS) is 13.6. The lowest BCUT2D eigenvalue weighted by Crippen LogP contribution is -2.32. The Morgan fingerprint density at radius 3 is 2.81 bits per heavy atom. The van der Waals surface area contributed by atoms with Crippen molar-refractivity contribution < 1.29 is 9.00 Å². The number of hydrogen-bond donors (Lipinski definition) is 2. The molecule has 1 amide bonds. The van der Waals surface area contributed by atoms with E-state index >= 15 is 0 Å². The number of rotatable bonds is 5. The number of nitrogens with one attached hydrogen (secondary N) is 1. The maximum Gasteiger partial charge on any atom is 0.271 e. The van der Waals surface area contributed by atoms with Crippen LogP contribution in [0.4, 0.5) is 5.69 Å². The van der Waals surface area contributed by atoms with Gasteiger partial charge in [-0.15, -0.1) is 0 Å². The predicted molar refractivity (Wildman–Crippen MR) is 83.8 cm³/mol. The van der Waals surface area contributed by atoms with E-state index in [1.807, 2.05) is 25.1 Å². The zero-order valence-corrected chi connectivity index (χ0v) is 12.8. The van der Waals surface area contributed by atoms with Crippen LogP contribution in [0.5, 0.6) is 0 Å². The predicted octanol–water partition coefficient (Wildman–Crippen LogP) is 0.951. The van der Waals surface area contributed by atoms with Gasteiger partial charge in [0.05, 0.1) is 11.4 Å². The van der Waals surface area contributed by atoms with E-state index in [2.05, 4.69) is 10.4 Å². The molecule has 0 fully saturated rings. The van der Waals surface area contributed by atoms with Crippen molar-refractivity contribution in [1.82, 2.24) is 15.1 Å². The van der Waals surface area contributed by atoms with E-state index in [1.54, 1.807) is 29.3 Å². The largest absolute Gasteiger partial charge is 0.397 e. The summed E-state index contributed by atoms with van der Waals surface area (Å²) in [4.78, 5) is 12.0. The third kappa shape index (κ3) is 3.69. The van der Waals surface area contributed by atoms with E-state index in [0.29, 0.717) is 17.9 Å². The Kier molecular flexibility index (Phi) is 4.74. The highest BCUT2D eigenvalue weighted by Gasteiger charge is 2.13. The summed E-state index contributed by atoms with van der Waals surface area (Å²) in [5.41, 5.74) is 7.48. The minimum absolute atomic E-state index is 0.0965. The average molecular weight is 306 g/mol. The van der Waals surface area contributed by atoms with Gasteiger partial charge < -0.3 is 11.1 Å². The van der Waals surface area contributed by atoms with Gasteiger partial charge in [0, 0.05) is 35.0 Å². The molecule has 0 aliphatic carbocycles. The molecule has 6 nitrogen and oxygen atoms in total. The Labute approximate surface area is 125 Å². The molecule has 1 heterocycles. The van der Waals surface area contributed by atoms with E-state index in [4.69, 9.17) is 5.73 Å². The Morgan fingerprint density at radius 2 is 2.14 bits per heavy atom. The quantitative estimate of drug-likeness (QED) is 0.805. The first kappa shape index (κ1) is 15.2. The number of amides is 1. The number of nitrogens with zero attached hydrogens (tertiary/aromatic N) is 2. The molecule has 0 spiro atoms. The molecule has 0 aliphatic rings. The van der Waals surface area contributed by atoms with Gasteiger partial charge in [0.2, 0.25) is 0 Å². The molecule has 2 atom stereocenters. The Balaban J connectivity index is 2.08. The number of nitrogen functional groups attached to an aromatic ring is 1. The van der Waals surface area contributed by atoms with Crippen molar-refractivity contribution in [3.63, 3.8) is 0 Å². The van der Waals surface area contributed by atoms with Gasteiger partial charge in [0.15, 0.2) is 5.69 Å². The summed E-state index contributed by atoms with van der Waals surface area (Å²) in [6.45, 7) is 2.17. The van der Waals surface area contributed by atoms with Gasteiger partial charge in [-0.3, -0.25) is 9.00 Å². The van der Waals surface area contributed by atoms with Gasteiger partial charge in [-0.25, -0.2) is 4.68 Å². The van der Waals surface area contributed by atoms with Crippen molar-refractivity contribution in [3.05, 3.63) is 42.2 Å². The molecule has 21 heavy (non-hydrogen) atoms. The molecule has 2 rings (SSSR count). The summed E-state index contributed by atoms with van der Waals surface area (Å²) in [6.07, 6.45) is 3.30. The minimum Gasteiger partial charge on any atom is -0.397 e. The van der Waals surface area contributed by atoms with Gasteiger partial charge in [-0.05, 0) is 25.1 Å². The highest BCUT2D eigenvalue weighted by molar-refractivity contribution is 7.84. The third-order valence-electron chi connectivity index (χ3n) is 3.12. The smallest absolute Gasteiger partial charge is 0.271 e. The fourth-order valence-electron chi connectivity index (χ4n) is 1.72. The molecule has 0 saturated carbocycles. The lowest BCUT2D eigenvalue weighted by atomic mass is 10.3. The standard InChI is InChI=1S/C14H18N4O2S/c1-10(21(2)20)9-16-14(19)12-7-8-18(17-12)13-6-4-3-5-11(13)15/h3-8,10H,9,15H2,1-2H3,(H,16,19). The maximum absolute atomic E-state index is 12.0. The first-order valence-corrected chi connectivity index (χ1v) is 8.12. The molecule has 7 heteroatoms. The van der Waals surface area contributed by atoms with E-state index < -0.39 is 10.8 Å². The van der Waals surface area contributed by atoms with E-state index in [9.17, 15) is 9.00 Å². The molecular weight excluding hydrogens is 288 g/mol. The topological polar surface area (TPSA) is 90.0 Å². The summed E-state index contributed by atoms with van der Waals surface area (Å²) in [5, 5.41) is 6.84. The molecule has 112 valence electrons. The van der Waals surface area contributed by atoms with Crippen LogP contribution in [0.15, 0.2) is 36.5 Å². The zero-order valence-electron chi connectivity index (χ0n) is 11.9. The summed E-state index contributed by atoms with van der Waals surface area (Å²) < 4.78 is 12.8. The first-order valence-electron chi connectivity index (χ1n) is 6.50. The number of aromatic nitrogens is 2. The summed E-state index contributed by atoms with van der Waals surface area (Å²) in [6, 6.07) is 8.91. The molecule has 2 aromatic rings. The van der Waals surface area contributed by atoms with Crippen LogP contribution in [-0.4, -0.2) is 37.9 Å². The van der Waals surface area contributed by atoms with Gasteiger partial charge >= 0.3 is 0 Å². The number of benzene rings is 1. The number of anilines is 1. The number of carbonyl (C=O) groups excluding carboxylic acids is 1. The molecule has 0 aliphatic heterocycles. The lowest BCUT2D eigenvalue weighted by molar-refractivity contribution is 0.0948. The van der Waals surface area contributed by atoms with Gasteiger partial charge in [0.1, 0.15) is 0 Å². The van der Waals surface area contributed by atoms with E-state index in [1.165, 1.54) is 0 Å². The number of para-hydroxylation sites is 2. The fourth-order valence-corrected chi connectivity index (χ4v) is 2.04. The molecular formula is C14H18N4O2S. The Hall–Kier alpha value is -2.15. The van der Waals surface area contributed by atoms with Crippen molar-refractivity contribution in [2.24, 2.45) is 0 Å². The van der Waals surface area contributed by atoms with Crippen LogP contribution in [0.1, 0.15) is 17.4 Å². The van der Waals surface area contributed by atoms with Crippen LogP contribution < -0.4 is 11.1 Å². The van der Waals surface area contributed by atoms with Crippen molar-refractivity contribution in [1.29, 1.82) is 0 Å².